The van der Waals surface area contributed by atoms with Crippen LogP contribution in [0.25, 0.3) is 0 Å². The lowest BCUT2D eigenvalue weighted by molar-refractivity contribution is 0.183. The van der Waals surface area contributed by atoms with Gasteiger partial charge in [-0.3, -0.25) is 0 Å². The third-order valence-electron chi connectivity index (χ3n) is 5.16. The molecule has 20 heavy (non-hydrogen) atoms. The van der Waals surface area contributed by atoms with Crippen molar-refractivity contribution in [2.24, 2.45) is 17.8 Å². The number of hydrogen-bond acceptors (Lipinski definition) is 3. The summed E-state index contributed by atoms with van der Waals surface area (Å²) >= 11 is 1.92. The maximum Gasteiger partial charge on any atom is 0.0933 e. The second-order valence-corrected chi connectivity index (χ2v) is 8.36. The Hall–Kier alpha value is -0.410. The first kappa shape index (κ1) is 14.5. The van der Waals surface area contributed by atoms with E-state index in [1.165, 1.54) is 60.6 Å². The number of hydrogen-bond donors (Lipinski definition) is 1. The Labute approximate surface area is 127 Å². The van der Waals surface area contributed by atoms with Crippen molar-refractivity contribution >= 4 is 11.3 Å². The third-order valence-corrected chi connectivity index (χ3v) is 6.25. The fourth-order valence-corrected chi connectivity index (χ4v) is 4.56. The summed E-state index contributed by atoms with van der Waals surface area (Å²) in [6.07, 6.45) is 8.24. The largest absolute Gasteiger partial charge is 0.314 e. The number of aromatic nitrogens is 1. The van der Waals surface area contributed by atoms with Gasteiger partial charge in [0.15, 0.2) is 0 Å². The van der Waals surface area contributed by atoms with Gasteiger partial charge < -0.3 is 5.32 Å². The van der Waals surface area contributed by atoms with Gasteiger partial charge in [0.05, 0.1) is 10.7 Å². The second-order valence-electron chi connectivity index (χ2n) is 7.07. The van der Waals surface area contributed by atoms with Crippen LogP contribution in [0.5, 0.6) is 0 Å². The van der Waals surface area contributed by atoms with Crippen molar-refractivity contribution in [3.05, 3.63) is 15.6 Å². The van der Waals surface area contributed by atoms with E-state index in [2.05, 4.69) is 26.1 Å². The standard InChI is InChI=1S/C17H28N2S/c1-11-4-5-14(10-18-16-6-7-16)15(8-11)9-17-19-12(2)13(3)20-17/h11,14-16,18H,4-10H2,1-3H3. The predicted octanol–water partition coefficient (Wildman–Crippen LogP) is 4.11. The Balaban J connectivity index is 1.62. The van der Waals surface area contributed by atoms with E-state index >= 15 is 0 Å². The van der Waals surface area contributed by atoms with Gasteiger partial charge in [-0.15, -0.1) is 11.3 Å². The molecule has 3 atom stereocenters. The topological polar surface area (TPSA) is 24.9 Å². The molecule has 1 aromatic rings. The summed E-state index contributed by atoms with van der Waals surface area (Å²) in [5.41, 5.74) is 1.24. The van der Waals surface area contributed by atoms with Crippen molar-refractivity contribution < 1.29 is 0 Å². The Morgan fingerprint density at radius 3 is 2.60 bits per heavy atom. The van der Waals surface area contributed by atoms with Crippen LogP contribution in [-0.4, -0.2) is 17.6 Å². The molecule has 1 heterocycles. The van der Waals surface area contributed by atoms with Crippen LogP contribution < -0.4 is 5.32 Å². The molecule has 2 nitrogen and oxygen atoms in total. The molecule has 1 N–H and O–H groups in total. The first-order valence-corrected chi connectivity index (χ1v) is 9.09. The summed E-state index contributed by atoms with van der Waals surface area (Å²) in [6, 6.07) is 0.847. The molecule has 0 saturated heterocycles. The van der Waals surface area contributed by atoms with E-state index in [1.54, 1.807) is 0 Å². The molecule has 0 bridgehead atoms. The molecule has 0 amide bonds. The fourth-order valence-electron chi connectivity index (χ4n) is 3.54. The third kappa shape index (κ3) is 3.62. The lowest BCUT2D eigenvalue weighted by Gasteiger charge is -2.35. The number of nitrogens with one attached hydrogen (secondary N) is 1. The van der Waals surface area contributed by atoms with Crippen molar-refractivity contribution in [3.63, 3.8) is 0 Å². The molecule has 2 aliphatic rings. The fraction of sp³-hybridized carbons (Fsp3) is 0.824. The normalized spacial score (nSPS) is 30.6. The molecule has 0 aliphatic heterocycles. The maximum absolute atomic E-state index is 4.77. The number of nitrogens with zero attached hydrogens (tertiary/aromatic N) is 1. The number of thiazole rings is 1. The van der Waals surface area contributed by atoms with Gasteiger partial charge in [0, 0.05) is 17.3 Å². The number of aryl methyl sites for hydroxylation is 2. The molecule has 0 radical (unpaired) electrons. The minimum atomic E-state index is 0.843. The lowest BCUT2D eigenvalue weighted by atomic mass is 9.73. The van der Waals surface area contributed by atoms with Crippen LogP contribution in [-0.2, 0) is 6.42 Å². The van der Waals surface area contributed by atoms with E-state index in [4.69, 9.17) is 4.98 Å². The average molecular weight is 292 g/mol. The van der Waals surface area contributed by atoms with Crippen molar-refractivity contribution in [1.29, 1.82) is 0 Å². The van der Waals surface area contributed by atoms with Gasteiger partial charge in [-0.05, 0) is 63.8 Å². The maximum atomic E-state index is 4.77. The van der Waals surface area contributed by atoms with Gasteiger partial charge in [-0.2, -0.15) is 0 Å². The van der Waals surface area contributed by atoms with Crippen LogP contribution in [0.1, 0.15) is 54.6 Å². The van der Waals surface area contributed by atoms with Gasteiger partial charge in [0.1, 0.15) is 0 Å². The second kappa shape index (κ2) is 6.15. The van der Waals surface area contributed by atoms with Crippen LogP contribution in [0.3, 0.4) is 0 Å². The van der Waals surface area contributed by atoms with Gasteiger partial charge >= 0.3 is 0 Å². The molecule has 0 spiro atoms. The summed E-state index contributed by atoms with van der Waals surface area (Å²) in [4.78, 5) is 6.17. The summed E-state index contributed by atoms with van der Waals surface area (Å²) in [6.45, 7) is 8.01. The van der Waals surface area contributed by atoms with E-state index in [-0.39, 0.29) is 0 Å². The molecule has 3 rings (SSSR count). The molecule has 2 aliphatic carbocycles. The average Bonchev–Trinajstić information content (AvgIpc) is 3.16. The van der Waals surface area contributed by atoms with E-state index in [9.17, 15) is 0 Å². The zero-order chi connectivity index (χ0) is 14.1. The number of rotatable bonds is 5. The van der Waals surface area contributed by atoms with E-state index < -0.39 is 0 Å². The molecule has 2 saturated carbocycles. The molecule has 112 valence electrons. The highest BCUT2D eigenvalue weighted by atomic mass is 32.1. The monoisotopic (exact) mass is 292 g/mol. The Morgan fingerprint density at radius 1 is 1.15 bits per heavy atom. The van der Waals surface area contributed by atoms with Crippen LogP contribution in [0.2, 0.25) is 0 Å². The molecule has 1 aromatic heterocycles. The van der Waals surface area contributed by atoms with E-state index in [0.29, 0.717) is 0 Å². The first-order chi connectivity index (χ1) is 9.61. The highest BCUT2D eigenvalue weighted by Gasteiger charge is 2.31. The highest BCUT2D eigenvalue weighted by Crippen LogP contribution is 2.37. The summed E-state index contributed by atoms with van der Waals surface area (Å²) in [5.74, 6) is 2.62. The molecular formula is C17H28N2S. The Bertz CT molecular complexity index is 430. The first-order valence-electron chi connectivity index (χ1n) is 8.28. The van der Waals surface area contributed by atoms with Gasteiger partial charge in [-0.25, -0.2) is 4.98 Å². The summed E-state index contributed by atoms with van der Waals surface area (Å²) in [7, 11) is 0. The zero-order valence-corrected chi connectivity index (χ0v) is 13.9. The Kier molecular flexibility index (Phi) is 4.46. The van der Waals surface area contributed by atoms with Crippen LogP contribution >= 0.6 is 11.3 Å². The summed E-state index contributed by atoms with van der Waals surface area (Å²) < 4.78 is 0. The molecule has 2 fully saturated rings. The van der Waals surface area contributed by atoms with Crippen LogP contribution in [0.4, 0.5) is 0 Å². The molecular weight excluding hydrogens is 264 g/mol. The van der Waals surface area contributed by atoms with E-state index in [0.717, 1.165) is 23.8 Å². The lowest BCUT2D eigenvalue weighted by Crippen LogP contribution is -2.34. The van der Waals surface area contributed by atoms with Gasteiger partial charge in [0.2, 0.25) is 0 Å². The zero-order valence-electron chi connectivity index (χ0n) is 13.1. The molecule has 3 unspecified atom stereocenters. The minimum Gasteiger partial charge on any atom is -0.314 e. The Morgan fingerprint density at radius 2 is 1.95 bits per heavy atom. The van der Waals surface area contributed by atoms with E-state index in [1.807, 2.05) is 11.3 Å². The SMILES string of the molecule is Cc1nc(CC2CC(C)CCC2CNC2CC2)sc1C. The van der Waals surface area contributed by atoms with Crippen molar-refractivity contribution in [3.8, 4) is 0 Å². The summed E-state index contributed by atoms with van der Waals surface area (Å²) in [5, 5.41) is 5.13. The van der Waals surface area contributed by atoms with Gasteiger partial charge in [0.25, 0.3) is 0 Å². The smallest absolute Gasteiger partial charge is 0.0933 e. The van der Waals surface area contributed by atoms with Crippen molar-refractivity contribution in [2.45, 2.75) is 65.3 Å². The van der Waals surface area contributed by atoms with Crippen LogP contribution in [0, 0.1) is 31.6 Å². The molecule has 0 aromatic carbocycles. The minimum absolute atomic E-state index is 0.843. The van der Waals surface area contributed by atoms with Gasteiger partial charge in [-0.1, -0.05) is 13.3 Å². The van der Waals surface area contributed by atoms with Crippen molar-refractivity contribution in [1.82, 2.24) is 10.3 Å². The quantitative estimate of drug-likeness (QED) is 0.883. The highest BCUT2D eigenvalue weighted by molar-refractivity contribution is 7.11. The predicted molar refractivity (Wildman–Crippen MR) is 86.3 cm³/mol. The van der Waals surface area contributed by atoms with Crippen molar-refractivity contribution in [2.75, 3.05) is 6.54 Å². The molecule has 3 heteroatoms. The van der Waals surface area contributed by atoms with Crippen LogP contribution in [0.15, 0.2) is 0 Å².